The molecule has 32 heavy (non-hydrogen) atoms. The Bertz CT molecular complexity index is 1240. The van der Waals surface area contributed by atoms with Crippen LogP contribution in [-0.4, -0.2) is 35.3 Å². The number of aliphatic imine (C=N–C) groups is 2. The van der Waals surface area contributed by atoms with Crippen LogP contribution in [0, 0.1) is 16.7 Å². The lowest BCUT2D eigenvalue weighted by Gasteiger charge is -2.37. The van der Waals surface area contributed by atoms with E-state index in [2.05, 4.69) is 31.4 Å². The highest BCUT2D eigenvalue weighted by Gasteiger charge is 2.67. The first-order chi connectivity index (χ1) is 15.3. The molecule has 162 valence electrons. The van der Waals surface area contributed by atoms with E-state index >= 15 is 0 Å². The van der Waals surface area contributed by atoms with Crippen molar-refractivity contribution in [2.45, 2.75) is 45.7 Å². The van der Waals surface area contributed by atoms with Gasteiger partial charge in [-0.25, -0.2) is 0 Å². The van der Waals surface area contributed by atoms with Crippen LogP contribution in [0.25, 0.3) is 0 Å². The number of benzene rings is 2. The molecule has 6 nitrogen and oxygen atoms in total. The first-order valence-corrected chi connectivity index (χ1v) is 11.3. The van der Waals surface area contributed by atoms with Gasteiger partial charge in [0, 0.05) is 11.1 Å². The molecule has 2 aliphatic carbocycles. The van der Waals surface area contributed by atoms with Gasteiger partial charge in [0.05, 0.1) is 23.5 Å². The number of amides is 2. The van der Waals surface area contributed by atoms with Crippen LogP contribution >= 0.6 is 0 Å². The van der Waals surface area contributed by atoms with E-state index in [1.54, 1.807) is 0 Å². The number of hydrogen-bond acceptors (Lipinski definition) is 4. The number of para-hydroxylation sites is 2. The van der Waals surface area contributed by atoms with Gasteiger partial charge in [0.2, 0.25) is 0 Å². The van der Waals surface area contributed by atoms with Crippen LogP contribution in [-0.2, 0) is 9.59 Å². The minimum atomic E-state index is -0.170. The average Bonchev–Trinajstić information content (AvgIpc) is 3.37. The van der Waals surface area contributed by atoms with Crippen molar-refractivity contribution in [1.82, 2.24) is 0 Å². The van der Waals surface area contributed by atoms with Gasteiger partial charge in [0.15, 0.2) is 0 Å². The predicted octanol–water partition coefficient (Wildman–Crippen LogP) is 4.06. The molecule has 0 unspecified atom stereocenters. The molecule has 0 radical (unpaired) electrons. The Morgan fingerprint density at radius 2 is 1.34 bits per heavy atom. The first kappa shape index (κ1) is 19.4. The van der Waals surface area contributed by atoms with Crippen molar-refractivity contribution in [1.29, 1.82) is 0 Å². The van der Waals surface area contributed by atoms with Gasteiger partial charge in [-0.05, 0) is 41.7 Å². The highest BCUT2D eigenvalue weighted by molar-refractivity contribution is 6.54. The summed E-state index contributed by atoms with van der Waals surface area (Å²) in [5, 5.41) is 5.87. The van der Waals surface area contributed by atoms with Crippen LogP contribution < -0.4 is 10.6 Å². The van der Waals surface area contributed by atoms with Gasteiger partial charge >= 0.3 is 0 Å². The van der Waals surface area contributed by atoms with E-state index in [0.29, 0.717) is 17.3 Å². The summed E-state index contributed by atoms with van der Waals surface area (Å²) in [5.74, 6) is -0.0207. The Morgan fingerprint density at radius 1 is 0.812 bits per heavy atom. The minimum absolute atomic E-state index is 0.000347. The Balaban J connectivity index is 1.50. The highest BCUT2D eigenvalue weighted by Crippen LogP contribution is 2.67. The lowest BCUT2D eigenvalue weighted by molar-refractivity contribution is -0.110. The zero-order valence-electron chi connectivity index (χ0n) is 18.5. The molecule has 6 heteroatoms. The Labute approximate surface area is 187 Å². The third kappa shape index (κ3) is 2.41. The maximum atomic E-state index is 12.8. The number of anilines is 2. The molecule has 2 aliphatic heterocycles. The van der Waals surface area contributed by atoms with Gasteiger partial charge in [0.25, 0.3) is 11.8 Å². The molecule has 2 aromatic rings. The van der Waals surface area contributed by atoms with Crippen molar-refractivity contribution in [3.05, 3.63) is 59.7 Å². The number of hydrogen-bond donors (Lipinski definition) is 2. The normalized spacial score (nSPS) is 34.0. The molecule has 4 aliphatic rings. The van der Waals surface area contributed by atoms with Gasteiger partial charge in [-0.15, -0.1) is 0 Å². The molecule has 6 rings (SSSR count). The SMILES string of the molecule is CC1(C)[C@H]2CC[C@@]1(C)[C@@H](N=C1C(=O)Nc3ccccc31)[C@H]2N=C1C(=O)Nc2ccccc21. The number of nitrogens with zero attached hydrogens (tertiary/aromatic N) is 2. The summed E-state index contributed by atoms with van der Waals surface area (Å²) in [5.41, 5.74) is 4.16. The van der Waals surface area contributed by atoms with E-state index in [-0.39, 0.29) is 34.7 Å². The second kappa shape index (κ2) is 6.37. The van der Waals surface area contributed by atoms with Crippen molar-refractivity contribution >= 4 is 34.6 Å². The summed E-state index contributed by atoms with van der Waals surface area (Å²) < 4.78 is 0. The van der Waals surface area contributed by atoms with Crippen LogP contribution in [0.3, 0.4) is 0 Å². The monoisotopic (exact) mass is 426 g/mol. The second-order valence-corrected chi connectivity index (χ2v) is 10.2. The molecule has 0 aromatic heterocycles. The topological polar surface area (TPSA) is 82.9 Å². The zero-order valence-corrected chi connectivity index (χ0v) is 18.5. The number of carbonyl (C=O) groups is 2. The molecule has 2 bridgehead atoms. The van der Waals surface area contributed by atoms with Gasteiger partial charge < -0.3 is 10.6 Å². The number of nitrogens with one attached hydrogen (secondary N) is 2. The van der Waals surface area contributed by atoms with Gasteiger partial charge in [-0.2, -0.15) is 0 Å². The van der Waals surface area contributed by atoms with Crippen molar-refractivity contribution in [3.63, 3.8) is 0 Å². The summed E-state index contributed by atoms with van der Waals surface area (Å²) in [7, 11) is 0. The van der Waals surface area contributed by atoms with Crippen molar-refractivity contribution in [2.24, 2.45) is 26.7 Å². The third-order valence-electron chi connectivity index (χ3n) is 8.60. The Kier molecular flexibility index (Phi) is 3.87. The fourth-order valence-corrected chi connectivity index (χ4v) is 6.41. The van der Waals surface area contributed by atoms with E-state index < -0.39 is 0 Å². The molecule has 2 fully saturated rings. The van der Waals surface area contributed by atoms with E-state index in [9.17, 15) is 9.59 Å². The number of fused-ring (bicyclic) bond motifs is 4. The summed E-state index contributed by atoms with van der Waals surface area (Å²) in [6.45, 7) is 6.87. The molecule has 2 heterocycles. The smallest absolute Gasteiger partial charge is 0.274 e. The number of rotatable bonds is 2. The molecule has 2 aromatic carbocycles. The maximum absolute atomic E-state index is 12.8. The molecule has 2 amide bonds. The lowest BCUT2D eigenvalue weighted by atomic mass is 9.69. The summed E-state index contributed by atoms with van der Waals surface area (Å²) in [6.07, 6.45) is 2.10. The van der Waals surface area contributed by atoms with Gasteiger partial charge in [-0.1, -0.05) is 57.2 Å². The molecular weight excluding hydrogens is 400 g/mol. The molecular formula is C26H26N4O2. The van der Waals surface area contributed by atoms with Crippen molar-refractivity contribution in [3.8, 4) is 0 Å². The van der Waals surface area contributed by atoms with Crippen LogP contribution in [0.4, 0.5) is 11.4 Å². The van der Waals surface area contributed by atoms with Crippen molar-refractivity contribution < 1.29 is 9.59 Å². The highest BCUT2D eigenvalue weighted by atomic mass is 16.2. The van der Waals surface area contributed by atoms with Crippen LogP contribution in [0.1, 0.15) is 44.7 Å². The summed E-state index contributed by atoms with van der Waals surface area (Å²) >= 11 is 0. The minimum Gasteiger partial charge on any atom is -0.320 e. The van der Waals surface area contributed by atoms with Gasteiger partial charge in [0.1, 0.15) is 11.4 Å². The molecule has 2 saturated carbocycles. The predicted molar refractivity (Wildman–Crippen MR) is 125 cm³/mol. The first-order valence-electron chi connectivity index (χ1n) is 11.3. The Morgan fingerprint density at radius 3 is 1.94 bits per heavy atom. The number of carbonyl (C=O) groups excluding carboxylic acids is 2. The van der Waals surface area contributed by atoms with E-state index in [4.69, 9.17) is 9.98 Å². The Hall–Kier alpha value is -3.28. The molecule has 4 atom stereocenters. The molecule has 2 N–H and O–H groups in total. The van der Waals surface area contributed by atoms with Crippen LogP contribution in [0.15, 0.2) is 58.5 Å². The fraction of sp³-hybridized carbons (Fsp3) is 0.385. The second-order valence-electron chi connectivity index (χ2n) is 10.2. The van der Waals surface area contributed by atoms with Gasteiger partial charge in [-0.3, -0.25) is 19.6 Å². The van der Waals surface area contributed by atoms with Crippen LogP contribution in [0.5, 0.6) is 0 Å². The van der Waals surface area contributed by atoms with E-state index in [0.717, 1.165) is 35.3 Å². The largest absolute Gasteiger partial charge is 0.320 e. The van der Waals surface area contributed by atoms with Crippen molar-refractivity contribution in [2.75, 3.05) is 10.6 Å². The summed E-state index contributed by atoms with van der Waals surface area (Å²) in [4.78, 5) is 35.8. The van der Waals surface area contributed by atoms with Crippen LogP contribution in [0.2, 0.25) is 0 Å². The quantitative estimate of drug-likeness (QED) is 0.759. The molecule has 0 spiro atoms. The zero-order chi connectivity index (χ0) is 22.3. The average molecular weight is 427 g/mol. The van der Waals surface area contributed by atoms with E-state index in [1.807, 2.05) is 48.5 Å². The third-order valence-corrected chi connectivity index (χ3v) is 8.60. The summed E-state index contributed by atoms with van der Waals surface area (Å²) in [6, 6.07) is 15.0. The molecule has 0 saturated heterocycles. The van der Waals surface area contributed by atoms with E-state index in [1.165, 1.54) is 0 Å². The maximum Gasteiger partial charge on any atom is 0.274 e. The lowest BCUT2D eigenvalue weighted by Crippen LogP contribution is -2.40. The fourth-order valence-electron chi connectivity index (χ4n) is 6.41. The standard InChI is InChI=1S/C26H26N4O2/c1-25(2)16-12-13-26(25,3)22(30-20-15-9-5-7-11-18(15)28-24(20)32)21(16)29-19-14-8-4-6-10-17(14)27-23(19)31/h4-11,16,21-22H,12-13H2,1-3H3,(H,27,29,31)(H,28,30,32)/t16-,21-,22-,26-/m0/s1.